The van der Waals surface area contributed by atoms with Gasteiger partial charge in [0.2, 0.25) is 0 Å². The quantitative estimate of drug-likeness (QED) is 0.860. The smallest absolute Gasteiger partial charge is 0.271 e. The van der Waals surface area contributed by atoms with Gasteiger partial charge in [-0.3, -0.25) is 4.79 Å². The molecule has 0 radical (unpaired) electrons. The third-order valence-electron chi connectivity index (χ3n) is 2.72. The zero-order valence-corrected chi connectivity index (χ0v) is 12.5. The summed E-state index contributed by atoms with van der Waals surface area (Å²) in [5.41, 5.74) is 1.10. The van der Waals surface area contributed by atoms with Crippen LogP contribution in [0.2, 0.25) is 0 Å². The fourth-order valence-corrected chi connectivity index (χ4v) is 2.60. The molecule has 0 aliphatic heterocycles. The van der Waals surface area contributed by atoms with Crippen molar-refractivity contribution in [2.75, 3.05) is 20.8 Å². The van der Waals surface area contributed by atoms with Crippen molar-refractivity contribution in [3.63, 3.8) is 0 Å². The SMILES string of the molecule is C#CCNC(=O)c1csc(-c2cccc(OC)c2OC)n1. The van der Waals surface area contributed by atoms with Gasteiger partial charge in [-0.2, -0.15) is 0 Å². The lowest BCUT2D eigenvalue weighted by atomic mass is 10.2. The molecule has 0 spiro atoms. The molecule has 0 aliphatic carbocycles. The number of benzene rings is 1. The summed E-state index contributed by atoms with van der Waals surface area (Å²) in [6.45, 7) is 0.175. The molecule has 1 aromatic carbocycles. The van der Waals surface area contributed by atoms with Crippen LogP contribution >= 0.6 is 11.3 Å². The highest BCUT2D eigenvalue weighted by atomic mass is 32.1. The lowest BCUT2D eigenvalue weighted by Crippen LogP contribution is -2.23. The van der Waals surface area contributed by atoms with Crippen LogP contribution in [0.3, 0.4) is 0 Å². The van der Waals surface area contributed by atoms with Crippen LogP contribution in [0.4, 0.5) is 0 Å². The maximum atomic E-state index is 11.8. The highest BCUT2D eigenvalue weighted by molar-refractivity contribution is 7.13. The van der Waals surface area contributed by atoms with Gasteiger partial charge in [-0.05, 0) is 12.1 Å². The highest BCUT2D eigenvalue weighted by Gasteiger charge is 2.16. The highest BCUT2D eigenvalue weighted by Crippen LogP contribution is 2.38. The molecule has 1 amide bonds. The number of nitrogens with one attached hydrogen (secondary N) is 1. The minimum Gasteiger partial charge on any atom is -0.493 e. The predicted octanol–water partition coefficient (Wildman–Crippen LogP) is 2.19. The zero-order valence-electron chi connectivity index (χ0n) is 11.7. The molecule has 0 bridgehead atoms. The van der Waals surface area contributed by atoms with Crippen molar-refractivity contribution in [3.05, 3.63) is 29.3 Å². The van der Waals surface area contributed by atoms with E-state index >= 15 is 0 Å². The number of amides is 1. The Morgan fingerprint density at radius 3 is 2.90 bits per heavy atom. The van der Waals surface area contributed by atoms with Crippen LogP contribution in [0.15, 0.2) is 23.6 Å². The number of para-hydroxylation sites is 1. The van der Waals surface area contributed by atoms with Crippen LogP contribution in [0, 0.1) is 12.3 Å². The first kappa shape index (κ1) is 14.9. The first-order chi connectivity index (χ1) is 10.2. The molecule has 1 aromatic heterocycles. The molecule has 1 N–H and O–H groups in total. The van der Waals surface area contributed by atoms with Crippen molar-refractivity contribution < 1.29 is 14.3 Å². The second-order valence-electron chi connectivity index (χ2n) is 3.97. The Morgan fingerprint density at radius 1 is 1.43 bits per heavy atom. The van der Waals surface area contributed by atoms with Crippen LogP contribution in [0.5, 0.6) is 11.5 Å². The summed E-state index contributed by atoms with van der Waals surface area (Å²) >= 11 is 1.35. The molecule has 5 nitrogen and oxygen atoms in total. The van der Waals surface area contributed by atoms with E-state index in [1.165, 1.54) is 11.3 Å². The van der Waals surface area contributed by atoms with Gasteiger partial charge >= 0.3 is 0 Å². The van der Waals surface area contributed by atoms with Crippen LogP contribution in [0.25, 0.3) is 10.6 Å². The minimum atomic E-state index is -0.294. The van der Waals surface area contributed by atoms with Gasteiger partial charge in [0.05, 0.1) is 26.3 Å². The van der Waals surface area contributed by atoms with Crippen LogP contribution < -0.4 is 14.8 Å². The molecule has 2 rings (SSSR count). The molecule has 108 valence electrons. The summed E-state index contributed by atoms with van der Waals surface area (Å²) in [4.78, 5) is 16.1. The number of terminal acetylenes is 1. The van der Waals surface area contributed by atoms with Crippen molar-refractivity contribution in [1.29, 1.82) is 0 Å². The number of aromatic nitrogens is 1. The Labute approximate surface area is 126 Å². The summed E-state index contributed by atoms with van der Waals surface area (Å²) in [5.74, 6) is 3.26. The van der Waals surface area contributed by atoms with Crippen LogP contribution in [-0.4, -0.2) is 31.7 Å². The molecule has 0 atom stereocenters. The Hall–Kier alpha value is -2.52. The number of hydrogen-bond acceptors (Lipinski definition) is 5. The molecule has 0 fully saturated rings. The number of methoxy groups -OCH3 is 2. The van der Waals surface area contributed by atoms with Crippen molar-refractivity contribution in [2.24, 2.45) is 0 Å². The van der Waals surface area contributed by atoms with Crippen molar-refractivity contribution >= 4 is 17.2 Å². The number of ether oxygens (including phenoxy) is 2. The summed E-state index contributed by atoms with van der Waals surface area (Å²) < 4.78 is 10.6. The van der Waals surface area contributed by atoms with Gasteiger partial charge in [-0.25, -0.2) is 4.98 Å². The standard InChI is InChI=1S/C15H14N2O3S/c1-4-8-16-14(18)11-9-21-15(17-11)10-6-5-7-12(19-2)13(10)20-3/h1,5-7,9H,8H2,2-3H3,(H,16,18). The van der Waals surface area contributed by atoms with Crippen molar-refractivity contribution in [3.8, 4) is 34.4 Å². The average Bonchev–Trinajstić information content (AvgIpc) is 3.01. The average molecular weight is 302 g/mol. The van der Waals surface area contributed by atoms with Gasteiger partial charge < -0.3 is 14.8 Å². The summed E-state index contributed by atoms with van der Waals surface area (Å²) in [7, 11) is 3.14. The summed E-state index contributed by atoms with van der Waals surface area (Å²) in [6, 6.07) is 5.51. The molecule has 0 aliphatic rings. The number of carbonyl (C=O) groups excluding carboxylic acids is 1. The third-order valence-corrected chi connectivity index (χ3v) is 3.60. The Bertz CT molecular complexity index is 688. The van der Waals surface area contributed by atoms with Gasteiger partial charge in [0.1, 0.15) is 10.7 Å². The maximum Gasteiger partial charge on any atom is 0.271 e. The number of carbonyl (C=O) groups is 1. The van der Waals surface area contributed by atoms with E-state index in [4.69, 9.17) is 15.9 Å². The van der Waals surface area contributed by atoms with Crippen LogP contribution in [-0.2, 0) is 0 Å². The van der Waals surface area contributed by atoms with Crippen molar-refractivity contribution in [2.45, 2.75) is 0 Å². The first-order valence-electron chi connectivity index (χ1n) is 6.09. The van der Waals surface area contributed by atoms with Gasteiger partial charge in [0.15, 0.2) is 11.5 Å². The summed E-state index contributed by atoms with van der Waals surface area (Å²) in [6.07, 6.45) is 5.11. The molecule has 6 heteroatoms. The number of hydrogen-bond donors (Lipinski definition) is 1. The molecule has 0 saturated carbocycles. The Balaban J connectivity index is 2.34. The van der Waals surface area contributed by atoms with Gasteiger partial charge in [0.25, 0.3) is 5.91 Å². The van der Waals surface area contributed by atoms with E-state index in [1.807, 2.05) is 12.1 Å². The second kappa shape index (κ2) is 6.77. The van der Waals surface area contributed by atoms with Gasteiger partial charge in [-0.15, -0.1) is 17.8 Å². The van der Waals surface area contributed by atoms with Crippen molar-refractivity contribution in [1.82, 2.24) is 10.3 Å². The van der Waals surface area contributed by atoms with E-state index in [0.29, 0.717) is 22.2 Å². The maximum absolute atomic E-state index is 11.8. The number of thiazole rings is 1. The number of nitrogens with zero attached hydrogens (tertiary/aromatic N) is 1. The van der Waals surface area contributed by atoms with E-state index in [1.54, 1.807) is 25.7 Å². The third kappa shape index (κ3) is 3.15. The predicted molar refractivity (Wildman–Crippen MR) is 81.8 cm³/mol. The molecule has 1 heterocycles. The van der Waals surface area contributed by atoms with E-state index < -0.39 is 0 Å². The minimum absolute atomic E-state index is 0.175. The first-order valence-corrected chi connectivity index (χ1v) is 6.97. The lowest BCUT2D eigenvalue weighted by molar-refractivity contribution is 0.0954. The Kier molecular flexibility index (Phi) is 4.80. The monoisotopic (exact) mass is 302 g/mol. The molecule has 0 saturated heterocycles. The largest absolute Gasteiger partial charge is 0.493 e. The molecular formula is C15H14N2O3S. The zero-order chi connectivity index (χ0) is 15.2. The molecule has 0 unspecified atom stereocenters. The number of rotatable bonds is 5. The Morgan fingerprint density at radius 2 is 2.24 bits per heavy atom. The molecule has 2 aromatic rings. The molecular weight excluding hydrogens is 288 g/mol. The summed E-state index contributed by atoms with van der Waals surface area (Å²) in [5, 5.41) is 4.94. The lowest BCUT2D eigenvalue weighted by Gasteiger charge is -2.10. The van der Waals surface area contributed by atoms with E-state index in [2.05, 4.69) is 16.2 Å². The fraction of sp³-hybridized carbons (Fsp3) is 0.200. The van der Waals surface area contributed by atoms with Crippen LogP contribution in [0.1, 0.15) is 10.5 Å². The van der Waals surface area contributed by atoms with E-state index in [0.717, 1.165) is 5.56 Å². The normalized spacial score (nSPS) is 9.76. The fourth-order valence-electron chi connectivity index (χ4n) is 1.78. The van der Waals surface area contributed by atoms with E-state index in [9.17, 15) is 4.79 Å². The second-order valence-corrected chi connectivity index (χ2v) is 4.82. The van der Waals surface area contributed by atoms with Gasteiger partial charge in [0, 0.05) is 5.38 Å². The van der Waals surface area contributed by atoms with Gasteiger partial charge in [-0.1, -0.05) is 12.0 Å². The van der Waals surface area contributed by atoms with E-state index in [-0.39, 0.29) is 12.5 Å². The topological polar surface area (TPSA) is 60.5 Å². The molecule has 21 heavy (non-hydrogen) atoms.